The van der Waals surface area contributed by atoms with Gasteiger partial charge < -0.3 is 15.5 Å². The minimum Gasteiger partial charge on any atom is -0.355 e. The van der Waals surface area contributed by atoms with E-state index in [0.717, 1.165) is 37.3 Å². The van der Waals surface area contributed by atoms with Crippen molar-refractivity contribution in [3.8, 4) is 0 Å². The number of anilines is 2. The van der Waals surface area contributed by atoms with Crippen molar-refractivity contribution in [2.24, 2.45) is 5.92 Å². The van der Waals surface area contributed by atoms with Crippen molar-refractivity contribution >= 4 is 11.8 Å². The minimum atomic E-state index is 0.586. The second-order valence-electron chi connectivity index (χ2n) is 5.28. The van der Waals surface area contributed by atoms with Crippen LogP contribution in [0.1, 0.15) is 19.3 Å². The Hall–Kier alpha value is -1.36. The van der Waals surface area contributed by atoms with Crippen LogP contribution in [-0.2, 0) is 0 Å². The smallest absolute Gasteiger partial charge is 0.224 e. The van der Waals surface area contributed by atoms with E-state index in [1.165, 1.54) is 19.3 Å². The zero-order valence-electron chi connectivity index (χ0n) is 10.9. The molecule has 0 amide bonds. The Morgan fingerprint density at radius 1 is 1.39 bits per heavy atom. The van der Waals surface area contributed by atoms with Gasteiger partial charge in [-0.1, -0.05) is 0 Å². The summed E-state index contributed by atoms with van der Waals surface area (Å²) in [6.07, 6.45) is 5.74. The molecule has 1 aliphatic heterocycles. The van der Waals surface area contributed by atoms with Crippen LogP contribution in [-0.4, -0.2) is 42.7 Å². The lowest BCUT2D eigenvalue weighted by atomic mass is 10.3. The molecule has 1 saturated heterocycles. The quantitative estimate of drug-likeness (QED) is 0.816. The lowest BCUT2D eigenvalue weighted by molar-refractivity contribution is 0.616. The maximum atomic E-state index is 4.60. The number of nitrogens with zero attached hydrogens (tertiary/aromatic N) is 3. The summed E-state index contributed by atoms with van der Waals surface area (Å²) in [5.41, 5.74) is 0. The highest BCUT2D eigenvalue weighted by molar-refractivity contribution is 5.43. The van der Waals surface area contributed by atoms with Crippen LogP contribution < -0.4 is 15.5 Å². The highest BCUT2D eigenvalue weighted by Gasteiger charge is 2.23. The van der Waals surface area contributed by atoms with E-state index in [-0.39, 0.29) is 0 Å². The lowest BCUT2D eigenvalue weighted by Gasteiger charge is -2.17. The fraction of sp³-hybridized carbons (Fsp3) is 0.692. The summed E-state index contributed by atoms with van der Waals surface area (Å²) in [5, 5.41) is 6.66. The number of nitrogens with one attached hydrogen (secondary N) is 2. The van der Waals surface area contributed by atoms with Crippen molar-refractivity contribution in [2.75, 3.05) is 36.9 Å². The van der Waals surface area contributed by atoms with Gasteiger partial charge in [-0.3, -0.25) is 0 Å². The van der Waals surface area contributed by atoms with Crippen LogP contribution in [0.3, 0.4) is 0 Å². The predicted molar refractivity (Wildman–Crippen MR) is 72.9 cm³/mol. The molecular formula is C13H21N5. The summed E-state index contributed by atoms with van der Waals surface area (Å²) in [6.45, 7) is 3.13. The Balaban J connectivity index is 1.62. The van der Waals surface area contributed by atoms with Gasteiger partial charge in [0, 0.05) is 31.9 Å². The largest absolute Gasteiger partial charge is 0.355 e. The third kappa shape index (κ3) is 2.72. The van der Waals surface area contributed by atoms with E-state index in [9.17, 15) is 0 Å². The van der Waals surface area contributed by atoms with Crippen LogP contribution in [0.15, 0.2) is 12.3 Å². The average Bonchev–Trinajstić information content (AvgIpc) is 3.12. The molecule has 1 aromatic rings. The normalized spacial score (nSPS) is 23.4. The van der Waals surface area contributed by atoms with Crippen LogP contribution in [0, 0.1) is 5.92 Å². The molecule has 2 aliphatic rings. The predicted octanol–water partition coefficient (Wildman–Crippen LogP) is 1.10. The molecule has 0 bridgehead atoms. The molecule has 2 heterocycles. The fourth-order valence-electron chi connectivity index (χ4n) is 2.37. The van der Waals surface area contributed by atoms with Gasteiger partial charge in [0.05, 0.1) is 0 Å². The van der Waals surface area contributed by atoms with Crippen LogP contribution in [0.25, 0.3) is 0 Å². The average molecular weight is 247 g/mol. The summed E-state index contributed by atoms with van der Waals surface area (Å²) in [4.78, 5) is 11.2. The maximum absolute atomic E-state index is 4.60. The molecule has 0 spiro atoms. The van der Waals surface area contributed by atoms with Gasteiger partial charge >= 0.3 is 0 Å². The number of likely N-dealkylation sites (N-methyl/N-ethyl adjacent to an activating group) is 1. The number of aromatic nitrogens is 2. The first-order valence-electron chi connectivity index (χ1n) is 6.84. The highest BCUT2D eigenvalue weighted by atomic mass is 15.3. The molecule has 1 aliphatic carbocycles. The molecule has 0 radical (unpaired) electrons. The molecule has 1 saturated carbocycles. The standard InChI is InChI=1S/C13H21N5/c1-14-11-5-7-18(9-11)12-4-6-15-13(17-12)16-8-10-2-3-10/h4,6,10-11,14H,2-3,5,7-9H2,1H3,(H,15,16,17)/t11-/m1/s1. The number of hydrogen-bond acceptors (Lipinski definition) is 5. The van der Waals surface area contributed by atoms with Crippen molar-refractivity contribution in [2.45, 2.75) is 25.3 Å². The van der Waals surface area contributed by atoms with Crippen LogP contribution >= 0.6 is 0 Å². The van der Waals surface area contributed by atoms with Crippen molar-refractivity contribution in [1.29, 1.82) is 0 Å². The molecule has 0 unspecified atom stereocenters. The summed E-state index contributed by atoms with van der Waals surface area (Å²) in [6, 6.07) is 2.59. The van der Waals surface area contributed by atoms with E-state index in [1.807, 2.05) is 19.3 Å². The van der Waals surface area contributed by atoms with Crippen molar-refractivity contribution in [3.05, 3.63) is 12.3 Å². The van der Waals surface area contributed by atoms with E-state index < -0.39 is 0 Å². The maximum Gasteiger partial charge on any atom is 0.224 e. The molecule has 3 rings (SSSR count). The fourth-order valence-corrected chi connectivity index (χ4v) is 2.37. The Kier molecular flexibility index (Phi) is 3.32. The van der Waals surface area contributed by atoms with E-state index >= 15 is 0 Å². The topological polar surface area (TPSA) is 53.1 Å². The second-order valence-corrected chi connectivity index (χ2v) is 5.28. The second kappa shape index (κ2) is 5.10. The Morgan fingerprint density at radius 2 is 2.28 bits per heavy atom. The number of rotatable bonds is 5. The van der Waals surface area contributed by atoms with Gasteiger partial charge in [0.25, 0.3) is 0 Å². The van der Waals surface area contributed by atoms with E-state index in [4.69, 9.17) is 0 Å². The van der Waals surface area contributed by atoms with Crippen LogP contribution in [0.4, 0.5) is 11.8 Å². The lowest BCUT2D eigenvalue weighted by Crippen LogP contribution is -2.30. The molecule has 2 fully saturated rings. The molecule has 18 heavy (non-hydrogen) atoms. The van der Waals surface area contributed by atoms with Crippen molar-refractivity contribution in [1.82, 2.24) is 15.3 Å². The summed E-state index contributed by atoms with van der Waals surface area (Å²) in [5.74, 6) is 2.66. The minimum absolute atomic E-state index is 0.586. The van der Waals surface area contributed by atoms with Gasteiger partial charge in [-0.15, -0.1) is 0 Å². The van der Waals surface area contributed by atoms with Gasteiger partial charge in [0.2, 0.25) is 5.95 Å². The van der Waals surface area contributed by atoms with Crippen molar-refractivity contribution in [3.63, 3.8) is 0 Å². The van der Waals surface area contributed by atoms with Crippen molar-refractivity contribution < 1.29 is 0 Å². The van der Waals surface area contributed by atoms with Gasteiger partial charge in [-0.25, -0.2) is 4.98 Å². The Labute approximate surface area is 108 Å². The summed E-state index contributed by atoms with van der Waals surface area (Å²) in [7, 11) is 2.02. The monoisotopic (exact) mass is 247 g/mol. The van der Waals surface area contributed by atoms with Crippen LogP contribution in [0.2, 0.25) is 0 Å². The van der Waals surface area contributed by atoms with Gasteiger partial charge in [0.1, 0.15) is 5.82 Å². The molecule has 1 atom stereocenters. The molecule has 0 aromatic carbocycles. The molecule has 5 heteroatoms. The molecular weight excluding hydrogens is 226 g/mol. The zero-order valence-corrected chi connectivity index (χ0v) is 10.9. The molecule has 98 valence electrons. The summed E-state index contributed by atoms with van der Waals surface area (Å²) < 4.78 is 0. The molecule has 1 aromatic heterocycles. The Bertz CT molecular complexity index is 404. The molecule has 2 N–H and O–H groups in total. The first-order valence-corrected chi connectivity index (χ1v) is 6.84. The zero-order chi connectivity index (χ0) is 12.4. The van der Waals surface area contributed by atoms with E-state index in [2.05, 4.69) is 25.5 Å². The summed E-state index contributed by atoms with van der Waals surface area (Å²) >= 11 is 0. The molecule has 5 nitrogen and oxygen atoms in total. The van der Waals surface area contributed by atoms with E-state index in [0.29, 0.717) is 6.04 Å². The van der Waals surface area contributed by atoms with Crippen LogP contribution in [0.5, 0.6) is 0 Å². The highest BCUT2D eigenvalue weighted by Crippen LogP contribution is 2.28. The van der Waals surface area contributed by atoms with E-state index in [1.54, 1.807) is 0 Å². The first-order chi connectivity index (χ1) is 8.85. The van der Waals surface area contributed by atoms with Gasteiger partial charge in [-0.2, -0.15) is 4.98 Å². The first kappa shape index (κ1) is 11.7. The third-order valence-corrected chi connectivity index (χ3v) is 3.81. The van der Waals surface area contributed by atoms with Gasteiger partial charge in [0.15, 0.2) is 0 Å². The third-order valence-electron chi connectivity index (χ3n) is 3.81. The SMILES string of the molecule is CN[C@@H]1CCN(c2ccnc(NCC3CC3)n2)C1. The Morgan fingerprint density at radius 3 is 3.00 bits per heavy atom. The number of hydrogen-bond donors (Lipinski definition) is 2. The van der Waals surface area contributed by atoms with Gasteiger partial charge in [-0.05, 0) is 38.3 Å².